The number of nitrogens with zero attached hydrogens (tertiary/aromatic N) is 1. The summed E-state index contributed by atoms with van der Waals surface area (Å²) in [6, 6.07) is 7.31. The third-order valence-corrected chi connectivity index (χ3v) is 4.29. The number of halogens is 1. The van der Waals surface area contributed by atoms with Crippen molar-refractivity contribution in [1.29, 1.82) is 0 Å². The van der Waals surface area contributed by atoms with Crippen LogP contribution >= 0.6 is 15.9 Å². The van der Waals surface area contributed by atoms with Gasteiger partial charge in [-0.2, -0.15) is 0 Å². The lowest BCUT2D eigenvalue weighted by Gasteiger charge is -2.27. The number of benzene rings is 1. The maximum Gasteiger partial charge on any atom is 0.0513 e. The van der Waals surface area contributed by atoms with E-state index >= 15 is 0 Å². The van der Waals surface area contributed by atoms with E-state index in [1.807, 2.05) is 6.92 Å². The molecule has 0 spiro atoms. The predicted octanol–water partition coefficient (Wildman–Crippen LogP) is 3.85. The highest BCUT2D eigenvalue weighted by molar-refractivity contribution is 9.10. The second-order valence-electron chi connectivity index (χ2n) is 4.90. The van der Waals surface area contributed by atoms with Crippen LogP contribution in [0.15, 0.2) is 22.7 Å². The highest BCUT2D eigenvalue weighted by atomic mass is 79.9. The van der Waals surface area contributed by atoms with E-state index in [9.17, 15) is 0 Å². The van der Waals surface area contributed by atoms with E-state index in [0.29, 0.717) is 6.04 Å². The van der Waals surface area contributed by atoms with Gasteiger partial charge in [-0.05, 0) is 59.8 Å². The van der Waals surface area contributed by atoms with Gasteiger partial charge in [-0.1, -0.05) is 13.0 Å². The van der Waals surface area contributed by atoms with Crippen molar-refractivity contribution in [2.24, 2.45) is 5.73 Å². The minimum Gasteiger partial charge on any atom is -0.368 e. The summed E-state index contributed by atoms with van der Waals surface area (Å²) in [5.74, 6) is 0. The summed E-state index contributed by atoms with van der Waals surface area (Å²) in [5, 5.41) is 0. The number of anilines is 1. The molecule has 2 N–H and O–H groups in total. The van der Waals surface area contributed by atoms with E-state index in [0.717, 1.165) is 0 Å². The summed E-state index contributed by atoms with van der Waals surface area (Å²) in [4.78, 5) is 2.52. The molecular weight excluding hydrogens is 276 g/mol. The van der Waals surface area contributed by atoms with Gasteiger partial charge in [-0.25, -0.2) is 0 Å². The quantitative estimate of drug-likeness (QED) is 0.918. The summed E-state index contributed by atoms with van der Waals surface area (Å²) >= 11 is 3.68. The van der Waals surface area contributed by atoms with E-state index in [-0.39, 0.29) is 6.04 Å². The molecule has 2 nitrogen and oxygen atoms in total. The van der Waals surface area contributed by atoms with Crippen LogP contribution in [0.1, 0.15) is 44.7 Å². The molecule has 17 heavy (non-hydrogen) atoms. The fraction of sp³-hybridized carbons (Fsp3) is 0.571. The second-order valence-corrected chi connectivity index (χ2v) is 5.75. The molecule has 1 aromatic rings. The van der Waals surface area contributed by atoms with Crippen LogP contribution in [0.4, 0.5) is 5.69 Å². The van der Waals surface area contributed by atoms with Gasteiger partial charge in [0.05, 0.1) is 5.69 Å². The summed E-state index contributed by atoms with van der Waals surface area (Å²) in [7, 11) is 0. The van der Waals surface area contributed by atoms with Crippen LogP contribution in [0.25, 0.3) is 0 Å². The highest BCUT2D eigenvalue weighted by Gasteiger charge is 2.24. The smallest absolute Gasteiger partial charge is 0.0513 e. The van der Waals surface area contributed by atoms with Crippen molar-refractivity contribution in [2.45, 2.75) is 45.2 Å². The Morgan fingerprint density at radius 1 is 1.53 bits per heavy atom. The standard InChI is InChI=1S/C14H21BrN2/c1-3-12-5-4-8-17(12)14-7-6-11(10(2)16)9-13(14)15/h6-7,9-10,12H,3-5,8,16H2,1-2H3/t10-,12?/m0/s1. The molecule has 1 aliphatic rings. The Labute approximate surface area is 112 Å². The molecule has 2 atom stereocenters. The fourth-order valence-electron chi connectivity index (χ4n) is 2.62. The molecule has 2 rings (SSSR count). The van der Waals surface area contributed by atoms with E-state index in [1.54, 1.807) is 0 Å². The van der Waals surface area contributed by atoms with Crippen molar-refractivity contribution in [3.05, 3.63) is 28.2 Å². The molecule has 0 radical (unpaired) electrons. The van der Waals surface area contributed by atoms with Crippen molar-refractivity contribution in [1.82, 2.24) is 0 Å². The lowest BCUT2D eigenvalue weighted by molar-refractivity contribution is 0.644. The van der Waals surface area contributed by atoms with Crippen molar-refractivity contribution >= 4 is 21.6 Å². The molecule has 3 heteroatoms. The number of nitrogens with two attached hydrogens (primary N) is 1. The van der Waals surface area contributed by atoms with Crippen LogP contribution in [-0.2, 0) is 0 Å². The normalized spacial score (nSPS) is 21.9. The minimum atomic E-state index is 0.0981. The molecule has 0 saturated carbocycles. The van der Waals surface area contributed by atoms with E-state index in [1.165, 1.54) is 41.5 Å². The molecule has 1 aromatic carbocycles. The molecule has 0 aliphatic carbocycles. The Hall–Kier alpha value is -0.540. The molecule has 0 bridgehead atoms. The third kappa shape index (κ3) is 2.66. The number of hydrogen-bond acceptors (Lipinski definition) is 2. The van der Waals surface area contributed by atoms with Crippen LogP contribution in [-0.4, -0.2) is 12.6 Å². The highest BCUT2D eigenvalue weighted by Crippen LogP contribution is 2.34. The Balaban J connectivity index is 2.27. The first kappa shape index (κ1) is 12.9. The molecule has 1 unspecified atom stereocenters. The molecule has 1 heterocycles. The molecule has 0 aromatic heterocycles. The van der Waals surface area contributed by atoms with Crippen molar-refractivity contribution in [2.75, 3.05) is 11.4 Å². The van der Waals surface area contributed by atoms with Crippen LogP contribution in [0.2, 0.25) is 0 Å². The van der Waals surface area contributed by atoms with E-state index < -0.39 is 0 Å². The van der Waals surface area contributed by atoms with Gasteiger partial charge in [0.1, 0.15) is 0 Å². The van der Waals surface area contributed by atoms with Crippen LogP contribution < -0.4 is 10.6 Å². The molecule has 1 saturated heterocycles. The van der Waals surface area contributed by atoms with E-state index in [4.69, 9.17) is 5.73 Å². The minimum absolute atomic E-state index is 0.0981. The Morgan fingerprint density at radius 3 is 2.88 bits per heavy atom. The van der Waals surface area contributed by atoms with Gasteiger partial charge in [0.2, 0.25) is 0 Å². The van der Waals surface area contributed by atoms with Crippen molar-refractivity contribution in [3.8, 4) is 0 Å². The summed E-state index contributed by atoms with van der Waals surface area (Å²) in [6.45, 7) is 5.47. The zero-order valence-corrected chi connectivity index (χ0v) is 12.2. The maximum atomic E-state index is 5.91. The molecule has 1 fully saturated rings. The van der Waals surface area contributed by atoms with Crippen LogP contribution in [0.5, 0.6) is 0 Å². The maximum absolute atomic E-state index is 5.91. The first-order valence-corrected chi connectivity index (χ1v) is 7.24. The van der Waals surface area contributed by atoms with Gasteiger partial charge in [-0.3, -0.25) is 0 Å². The van der Waals surface area contributed by atoms with Crippen molar-refractivity contribution in [3.63, 3.8) is 0 Å². The van der Waals surface area contributed by atoms with Gasteiger partial charge < -0.3 is 10.6 Å². The SMILES string of the molecule is CCC1CCCN1c1ccc([C@H](C)N)cc1Br. The van der Waals surface area contributed by atoms with E-state index in [2.05, 4.69) is 46.0 Å². The zero-order chi connectivity index (χ0) is 12.4. The first-order valence-electron chi connectivity index (χ1n) is 6.45. The molecule has 94 valence electrons. The lowest BCUT2D eigenvalue weighted by Crippen LogP contribution is -2.28. The average molecular weight is 297 g/mol. The van der Waals surface area contributed by atoms with Crippen molar-refractivity contribution < 1.29 is 0 Å². The monoisotopic (exact) mass is 296 g/mol. The van der Waals surface area contributed by atoms with Crippen LogP contribution in [0, 0.1) is 0 Å². The summed E-state index contributed by atoms with van der Waals surface area (Å²) in [6.07, 6.45) is 3.85. The largest absolute Gasteiger partial charge is 0.368 e. The summed E-state index contributed by atoms with van der Waals surface area (Å²) < 4.78 is 1.17. The summed E-state index contributed by atoms with van der Waals surface area (Å²) in [5.41, 5.74) is 8.41. The molecule has 0 amide bonds. The van der Waals surface area contributed by atoms with Gasteiger partial charge in [0, 0.05) is 23.1 Å². The fourth-order valence-corrected chi connectivity index (χ4v) is 3.24. The lowest BCUT2D eigenvalue weighted by atomic mass is 10.1. The van der Waals surface area contributed by atoms with Gasteiger partial charge in [0.15, 0.2) is 0 Å². The Morgan fingerprint density at radius 2 is 2.29 bits per heavy atom. The third-order valence-electron chi connectivity index (χ3n) is 3.66. The second kappa shape index (κ2) is 5.40. The Bertz CT molecular complexity index is 390. The predicted molar refractivity (Wildman–Crippen MR) is 77.4 cm³/mol. The first-order chi connectivity index (χ1) is 8.13. The molecular formula is C14H21BrN2. The van der Waals surface area contributed by atoms with Crippen LogP contribution in [0.3, 0.4) is 0 Å². The number of hydrogen-bond donors (Lipinski definition) is 1. The Kier molecular flexibility index (Phi) is 4.10. The molecule has 1 aliphatic heterocycles. The zero-order valence-electron chi connectivity index (χ0n) is 10.6. The number of rotatable bonds is 3. The van der Waals surface area contributed by atoms with Gasteiger partial charge in [0.25, 0.3) is 0 Å². The average Bonchev–Trinajstić information content (AvgIpc) is 2.76. The van der Waals surface area contributed by atoms with Gasteiger partial charge in [-0.15, -0.1) is 0 Å². The van der Waals surface area contributed by atoms with Gasteiger partial charge >= 0.3 is 0 Å². The topological polar surface area (TPSA) is 29.3 Å².